The fourth-order valence-electron chi connectivity index (χ4n) is 3.26. The van der Waals surface area contributed by atoms with Crippen LogP contribution in [0.25, 0.3) is 0 Å². The van der Waals surface area contributed by atoms with Gasteiger partial charge in [0.05, 0.1) is 13.2 Å². The lowest BCUT2D eigenvalue weighted by atomic mass is 10.2. The van der Waals surface area contributed by atoms with Crippen molar-refractivity contribution in [1.29, 1.82) is 0 Å². The summed E-state index contributed by atoms with van der Waals surface area (Å²) >= 11 is 0. The highest BCUT2D eigenvalue weighted by atomic mass is 16.5. The van der Waals surface area contributed by atoms with Crippen LogP contribution in [0.5, 0.6) is 0 Å². The second-order valence-corrected chi connectivity index (χ2v) is 6.23. The van der Waals surface area contributed by atoms with E-state index >= 15 is 0 Å². The van der Waals surface area contributed by atoms with Gasteiger partial charge in [-0.15, -0.1) is 0 Å². The molecule has 2 fully saturated rings. The van der Waals surface area contributed by atoms with E-state index in [9.17, 15) is 0 Å². The standard InChI is InChI=1S/C18H23N5O/c1-2-8-22(7-1)16-5-3-15(4-6-16)21-17-13-18(20-14-19-17)23-9-11-24-12-10-23/h3-6,13-14H,1-2,7-12H2,(H,19,20,21). The summed E-state index contributed by atoms with van der Waals surface area (Å²) in [6.45, 7) is 5.60. The van der Waals surface area contributed by atoms with E-state index in [1.807, 2.05) is 6.07 Å². The molecule has 0 unspecified atom stereocenters. The average Bonchev–Trinajstić information content (AvgIpc) is 3.18. The first kappa shape index (κ1) is 15.2. The van der Waals surface area contributed by atoms with Gasteiger partial charge in [-0.25, -0.2) is 9.97 Å². The van der Waals surface area contributed by atoms with Gasteiger partial charge in [-0.1, -0.05) is 0 Å². The second kappa shape index (κ2) is 7.05. The van der Waals surface area contributed by atoms with E-state index in [0.717, 1.165) is 43.6 Å². The van der Waals surface area contributed by atoms with Gasteiger partial charge in [-0.2, -0.15) is 0 Å². The van der Waals surface area contributed by atoms with Gasteiger partial charge >= 0.3 is 0 Å². The molecule has 1 aromatic heterocycles. The van der Waals surface area contributed by atoms with Crippen LogP contribution in [0.4, 0.5) is 23.0 Å². The molecule has 126 valence electrons. The molecule has 0 amide bonds. The van der Waals surface area contributed by atoms with Crippen molar-refractivity contribution >= 4 is 23.0 Å². The van der Waals surface area contributed by atoms with Gasteiger partial charge in [0.1, 0.15) is 18.0 Å². The van der Waals surface area contributed by atoms with E-state index in [2.05, 4.69) is 49.4 Å². The van der Waals surface area contributed by atoms with Crippen LogP contribution in [-0.2, 0) is 4.74 Å². The van der Waals surface area contributed by atoms with Crippen LogP contribution in [0.1, 0.15) is 12.8 Å². The number of hydrogen-bond donors (Lipinski definition) is 1. The molecule has 4 rings (SSSR count). The van der Waals surface area contributed by atoms with Crippen LogP contribution in [0.15, 0.2) is 36.7 Å². The summed E-state index contributed by atoms with van der Waals surface area (Å²) in [6, 6.07) is 10.6. The van der Waals surface area contributed by atoms with Crippen molar-refractivity contribution in [3.05, 3.63) is 36.7 Å². The average molecular weight is 325 g/mol. The Morgan fingerprint density at radius 1 is 0.875 bits per heavy atom. The molecule has 3 heterocycles. The summed E-state index contributed by atoms with van der Waals surface area (Å²) in [7, 11) is 0. The summed E-state index contributed by atoms with van der Waals surface area (Å²) in [5.74, 6) is 1.77. The van der Waals surface area contributed by atoms with E-state index < -0.39 is 0 Å². The van der Waals surface area contributed by atoms with E-state index in [1.165, 1.54) is 31.6 Å². The van der Waals surface area contributed by atoms with Gasteiger partial charge < -0.3 is 19.9 Å². The maximum atomic E-state index is 5.40. The van der Waals surface area contributed by atoms with E-state index in [1.54, 1.807) is 6.33 Å². The van der Waals surface area contributed by atoms with Crippen LogP contribution in [0.3, 0.4) is 0 Å². The molecule has 0 bridgehead atoms. The van der Waals surface area contributed by atoms with Crippen molar-refractivity contribution in [3.8, 4) is 0 Å². The minimum atomic E-state index is 0.755. The van der Waals surface area contributed by atoms with Gasteiger partial charge in [0.25, 0.3) is 0 Å². The molecule has 1 N–H and O–H groups in total. The smallest absolute Gasteiger partial charge is 0.135 e. The van der Waals surface area contributed by atoms with Crippen molar-refractivity contribution < 1.29 is 4.74 Å². The number of morpholine rings is 1. The third-order valence-electron chi connectivity index (χ3n) is 4.60. The largest absolute Gasteiger partial charge is 0.378 e. The number of hydrogen-bond acceptors (Lipinski definition) is 6. The molecule has 6 nitrogen and oxygen atoms in total. The van der Waals surface area contributed by atoms with E-state index in [0.29, 0.717) is 0 Å². The summed E-state index contributed by atoms with van der Waals surface area (Å²) in [5, 5.41) is 3.37. The molecule has 2 aromatic rings. The molecule has 2 aliphatic heterocycles. The Morgan fingerprint density at radius 3 is 2.38 bits per heavy atom. The zero-order valence-electron chi connectivity index (χ0n) is 13.8. The zero-order valence-corrected chi connectivity index (χ0v) is 13.8. The Labute approximate surface area is 142 Å². The quantitative estimate of drug-likeness (QED) is 0.933. The molecule has 2 aliphatic rings. The molecule has 0 spiro atoms. The normalized spacial score (nSPS) is 18.0. The molecular weight excluding hydrogens is 302 g/mol. The minimum Gasteiger partial charge on any atom is -0.378 e. The molecule has 0 saturated carbocycles. The van der Waals surface area contributed by atoms with Gasteiger partial charge in [0.2, 0.25) is 0 Å². The lowest BCUT2D eigenvalue weighted by Crippen LogP contribution is -2.36. The molecule has 24 heavy (non-hydrogen) atoms. The lowest BCUT2D eigenvalue weighted by molar-refractivity contribution is 0.122. The molecule has 1 aromatic carbocycles. The van der Waals surface area contributed by atoms with E-state index in [-0.39, 0.29) is 0 Å². The van der Waals surface area contributed by atoms with Crippen molar-refractivity contribution in [2.24, 2.45) is 0 Å². The zero-order chi connectivity index (χ0) is 16.2. The number of benzene rings is 1. The van der Waals surface area contributed by atoms with Gasteiger partial charge in [-0.05, 0) is 37.1 Å². The van der Waals surface area contributed by atoms with Crippen LogP contribution >= 0.6 is 0 Å². The molecule has 2 saturated heterocycles. The lowest BCUT2D eigenvalue weighted by Gasteiger charge is -2.27. The predicted molar refractivity (Wildman–Crippen MR) is 96.2 cm³/mol. The van der Waals surface area contributed by atoms with Crippen molar-refractivity contribution in [2.75, 3.05) is 54.5 Å². The number of nitrogens with one attached hydrogen (secondary N) is 1. The Morgan fingerprint density at radius 2 is 1.62 bits per heavy atom. The molecule has 0 aliphatic carbocycles. The summed E-state index contributed by atoms with van der Waals surface area (Å²) in [5.41, 5.74) is 2.35. The van der Waals surface area contributed by atoms with Crippen LogP contribution in [0.2, 0.25) is 0 Å². The highest BCUT2D eigenvalue weighted by Crippen LogP contribution is 2.24. The third-order valence-corrected chi connectivity index (χ3v) is 4.60. The first-order chi connectivity index (χ1) is 11.9. The topological polar surface area (TPSA) is 53.5 Å². The van der Waals surface area contributed by atoms with Crippen molar-refractivity contribution in [2.45, 2.75) is 12.8 Å². The molecule has 0 radical (unpaired) electrons. The predicted octanol–water partition coefficient (Wildman–Crippen LogP) is 2.66. The minimum absolute atomic E-state index is 0.755. The fourth-order valence-corrected chi connectivity index (χ4v) is 3.26. The van der Waals surface area contributed by atoms with Gasteiger partial charge in [-0.3, -0.25) is 0 Å². The second-order valence-electron chi connectivity index (χ2n) is 6.23. The number of nitrogens with zero attached hydrogens (tertiary/aromatic N) is 4. The summed E-state index contributed by atoms with van der Waals surface area (Å²) < 4.78 is 5.40. The number of anilines is 4. The number of aromatic nitrogens is 2. The van der Waals surface area contributed by atoms with Crippen molar-refractivity contribution in [1.82, 2.24) is 9.97 Å². The first-order valence-electron chi connectivity index (χ1n) is 8.65. The monoisotopic (exact) mass is 325 g/mol. The number of ether oxygens (including phenoxy) is 1. The Kier molecular flexibility index (Phi) is 4.46. The molecular formula is C18H23N5O. The summed E-state index contributed by atoms with van der Waals surface area (Å²) in [4.78, 5) is 13.4. The highest BCUT2D eigenvalue weighted by Gasteiger charge is 2.14. The third kappa shape index (κ3) is 3.43. The summed E-state index contributed by atoms with van der Waals surface area (Å²) in [6.07, 6.45) is 4.21. The van der Waals surface area contributed by atoms with Gasteiger partial charge in [0.15, 0.2) is 0 Å². The highest BCUT2D eigenvalue weighted by molar-refractivity contribution is 5.62. The van der Waals surface area contributed by atoms with Crippen LogP contribution in [-0.4, -0.2) is 49.4 Å². The first-order valence-corrected chi connectivity index (χ1v) is 8.65. The van der Waals surface area contributed by atoms with Crippen molar-refractivity contribution in [3.63, 3.8) is 0 Å². The number of rotatable bonds is 4. The SMILES string of the molecule is c1nc(Nc2ccc(N3CCCC3)cc2)cc(N2CCOCC2)n1. The maximum absolute atomic E-state index is 5.40. The Balaban J connectivity index is 1.44. The molecule has 0 atom stereocenters. The molecule has 6 heteroatoms. The van der Waals surface area contributed by atoms with Crippen LogP contribution in [0, 0.1) is 0 Å². The Bertz CT molecular complexity index is 663. The fraction of sp³-hybridized carbons (Fsp3) is 0.444. The van der Waals surface area contributed by atoms with Crippen LogP contribution < -0.4 is 15.1 Å². The Hall–Kier alpha value is -2.34. The van der Waals surface area contributed by atoms with Gasteiger partial charge in [0, 0.05) is 43.6 Å². The maximum Gasteiger partial charge on any atom is 0.135 e. The van der Waals surface area contributed by atoms with E-state index in [4.69, 9.17) is 4.74 Å².